The van der Waals surface area contributed by atoms with E-state index >= 15 is 0 Å². The minimum absolute atomic E-state index is 0.102. The second-order valence-corrected chi connectivity index (χ2v) is 2.56. The summed E-state index contributed by atoms with van der Waals surface area (Å²) in [6.45, 7) is 1.51. The number of rotatable bonds is 3. The van der Waals surface area contributed by atoms with Crippen molar-refractivity contribution in [1.29, 1.82) is 0 Å². The Kier molecular flexibility index (Phi) is 2.91. The van der Waals surface area contributed by atoms with E-state index < -0.39 is 6.67 Å². The summed E-state index contributed by atoms with van der Waals surface area (Å²) in [6.07, 6.45) is 0. The molecule has 1 aromatic carbocycles. The quantitative estimate of drug-likeness (QED) is 0.701. The van der Waals surface area contributed by atoms with Crippen molar-refractivity contribution in [2.75, 3.05) is 19.0 Å². The van der Waals surface area contributed by atoms with Crippen LogP contribution in [0.25, 0.3) is 0 Å². The molecular weight excluding hydrogens is 157 g/mol. The lowest BCUT2D eigenvalue weighted by atomic mass is 10.2. The standard InChI is InChI=1S/C9H12FNO/c1-7-6-8(11)2-3-9(7)12-5-4-10/h2-3,6H,4-5,11H2,1H3. The summed E-state index contributed by atoms with van der Waals surface area (Å²) in [7, 11) is 0. The Morgan fingerprint density at radius 3 is 2.83 bits per heavy atom. The Balaban J connectivity index is 2.72. The summed E-state index contributed by atoms with van der Waals surface area (Å²) < 4.78 is 16.9. The van der Waals surface area contributed by atoms with Gasteiger partial charge in [-0.2, -0.15) is 0 Å². The molecule has 2 nitrogen and oxygen atoms in total. The Morgan fingerprint density at radius 2 is 2.25 bits per heavy atom. The molecule has 0 spiro atoms. The normalized spacial score (nSPS) is 9.83. The first-order valence-corrected chi connectivity index (χ1v) is 3.79. The van der Waals surface area contributed by atoms with E-state index in [1.165, 1.54) is 0 Å². The Hall–Kier alpha value is -1.25. The van der Waals surface area contributed by atoms with Gasteiger partial charge in [-0.05, 0) is 30.7 Å². The molecule has 0 aliphatic heterocycles. The SMILES string of the molecule is Cc1cc(N)ccc1OCCF. The van der Waals surface area contributed by atoms with Crippen LogP contribution in [-0.4, -0.2) is 13.3 Å². The molecule has 1 rings (SSSR count). The van der Waals surface area contributed by atoms with Crippen LogP contribution in [0.5, 0.6) is 5.75 Å². The molecule has 1 aromatic rings. The van der Waals surface area contributed by atoms with Crippen LogP contribution in [0.2, 0.25) is 0 Å². The van der Waals surface area contributed by atoms with Crippen molar-refractivity contribution in [1.82, 2.24) is 0 Å². The maximum Gasteiger partial charge on any atom is 0.123 e. The van der Waals surface area contributed by atoms with Crippen LogP contribution in [-0.2, 0) is 0 Å². The molecule has 0 aliphatic rings. The van der Waals surface area contributed by atoms with E-state index in [9.17, 15) is 4.39 Å². The number of hydrogen-bond donors (Lipinski definition) is 1. The summed E-state index contributed by atoms with van der Waals surface area (Å²) in [4.78, 5) is 0. The molecule has 66 valence electrons. The molecule has 0 bridgehead atoms. The highest BCUT2D eigenvalue weighted by molar-refractivity contribution is 5.47. The van der Waals surface area contributed by atoms with Gasteiger partial charge in [-0.1, -0.05) is 0 Å². The molecule has 2 N–H and O–H groups in total. The zero-order chi connectivity index (χ0) is 8.97. The Labute approximate surface area is 71.1 Å². The topological polar surface area (TPSA) is 35.2 Å². The number of alkyl halides is 1. The zero-order valence-electron chi connectivity index (χ0n) is 7.01. The van der Waals surface area contributed by atoms with E-state index in [4.69, 9.17) is 10.5 Å². The molecule has 0 atom stereocenters. The van der Waals surface area contributed by atoms with Crippen LogP contribution in [0.4, 0.5) is 10.1 Å². The molecule has 0 saturated carbocycles. The zero-order valence-corrected chi connectivity index (χ0v) is 7.01. The Bertz CT molecular complexity index is 263. The number of ether oxygens (including phenoxy) is 1. The molecule has 0 saturated heterocycles. The molecule has 3 heteroatoms. The van der Waals surface area contributed by atoms with Crippen LogP contribution in [0.15, 0.2) is 18.2 Å². The van der Waals surface area contributed by atoms with E-state index in [2.05, 4.69) is 0 Å². The molecule has 0 aliphatic carbocycles. The van der Waals surface area contributed by atoms with Gasteiger partial charge >= 0.3 is 0 Å². The number of hydrogen-bond acceptors (Lipinski definition) is 2. The molecule has 0 unspecified atom stereocenters. The third-order valence-corrected chi connectivity index (χ3v) is 1.53. The summed E-state index contributed by atoms with van der Waals surface area (Å²) in [5.41, 5.74) is 7.15. The maximum atomic E-state index is 11.7. The van der Waals surface area contributed by atoms with Crippen molar-refractivity contribution in [3.63, 3.8) is 0 Å². The van der Waals surface area contributed by atoms with Crippen molar-refractivity contribution in [3.05, 3.63) is 23.8 Å². The van der Waals surface area contributed by atoms with Gasteiger partial charge < -0.3 is 10.5 Å². The number of halogens is 1. The lowest BCUT2D eigenvalue weighted by Gasteiger charge is -2.07. The molecule has 0 radical (unpaired) electrons. The molecular formula is C9H12FNO. The van der Waals surface area contributed by atoms with Crippen LogP contribution in [0.1, 0.15) is 5.56 Å². The predicted molar refractivity (Wildman–Crippen MR) is 47.1 cm³/mol. The lowest BCUT2D eigenvalue weighted by Crippen LogP contribution is -2.00. The summed E-state index contributed by atoms with van der Waals surface area (Å²) >= 11 is 0. The van der Waals surface area contributed by atoms with Crippen molar-refractivity contribution in [2.24, 2.45) is 0 Å². The second kappa shape index (κ2) is 3.95. The van der Waals surface area contributed by atoms with Crippen LogP contribution >= 0.6 is 0 Å². The van der Waals surface area contributed by atoms with Crippen molar-refractivity contribution in [2.45, 2.75) is 6.92 Å². The monoisotopic (exact) mass is 169 g/mol. The fourth-order valence-electron chi connectivity index (χ4n) is 0.983. The third-order valence-electron chi connectivity index (χ3n) is 1.53. The fraction of sp³-hybridized carbons (Fsp3) is 0.333. The Morgan fingerprint density at radius 1 is 1.50 bits per heavy atom. The fourth-order valence-corrected chi connectivity index (χ4v) is 0.983. The van der Waals surface area contributed by atoms with Gasteiger partial charge in [0.2, 0.25) is 0 Å². The van der Waals surface area contributed by atoms with Gasteiger partial charge in [0, 0.05) is 5.69 Å². The van der Waals surface area contributed by atoms with Gasteiger partial charge in [-0.15, -0.1) is 0 Å². The largest absolute Gasteiger partial charge is 0.491 e. The van der Waals surface area contributed by atoms with E-state index in [1.807, 2.05) is 6.92 Å². The molecule has 0 aromatic heterocycles. The first-order valence-electron chi connectivity index (χ1n) is 3.79. The van der Waals surface area contributed by atoms with Crippen molar-refractivity contribution >= 4 is 5.69 Å². The van der Waals surface area contributed by atoms with Gasteiger partial charge in [0.25, 0.3) is 0 Å². The first-order chi connectivity index (χ1) is 5.74. The highest BCUT2D eigenvalue weighted by Gasteiger charge is 1.98. The molecule has 0 fully saturated rings. The third kappa shape index (κ3) is 2.12. The van der Waals surface area contributed by atoms with Gasteiger partial charge in [0.05, 0.1) is 0 Å². The molecule has 12 heavy (non-hydrogen) atoms. The smallest absolute Gasteiger partial charge is 0.123 e. The van der Waals surface area contributed by atoms with E-state index in [0.29, 0.717) is 11.4 Å². The number of benzene rings is 1. The van der Waals surface area contributed by atoms with E-state index in [0.717, 1.165) is 5.56 Å². The van der Waals surface area contributed by atoms with E-state index in [1.54, 1.807) is 18.2 Å². The first kappa shape index (κ1) is 8.84. The number of anilines is 1. The van der Waals surface area contributed by atoms with Crippen molar-refractivity contribution < 1.29 is 9.13 Å². The number of nitrogens with two attached hydrogens (primary N) is 1. The van der Waals surface area contributed by atoms with Gasteiger partial charge in [-0.3, -0.25) is 0 Å². The summed E-state index contributed by atoms with van der Waals surface area (Å²) in [5, 5.41) is 0. The highest BCUT2D eigenvalue weighted by atomic mass is 19.1. The van der Waals surface area contributed by atoms with Crippen LogP contribution < -0.4 is 10.5 Å². The summed E-state index contributed by atoms with van der Waals surface area (Å²) in [6, 6.07) is 5.29. The number of nitrogen functional groups attached to an aromatic ring is 1. The van der Waals surface area contributed by atoms with E-state index in [-0.39, 0.29) is 6.61 Å². The van der Waals surface area contributed by atoms with Crippen LogP contribution in [0, 0.1) is 6.92 Å². The average Bonchev–Trinajstić information content (AvgIpc) is 2.03. The predicted octanol–water partition coefficient (Wildman–Crippen LogP) is 1.93. The van der Waals surface area contributed by atoms with Gasteiger partial charge in [-0.25, -0.2) is 4.39 Å². The van der Waals surface area contributed by atoms with Gasteiger partial charge in [0.1, 0.15) is 19.0 Å². The van der Waals surface area contributed by atoms with Gasteiger partial charge in [0.15, 0.2) is 0 Å². The minimum Gasteiger partial charge on any atom is -0.491 e. The average molecular weight is 169 g/mol. The molecule has 0 amide bonds. The summed E-state index contributed by atoms with van der Waals surface area (Å²) in [5.74, 6) is 0.696. The molecule has 0 heterocycles. The number of aryl methyl sites for hydroxylation is 1. The van der Waals surface area contributed by atoms with Crippen LogP contribution in [0.3, 0.4) is 0 Å². The maximum absolute atomic E-state index is 11.7. The second-order valence-electron chi connectivity index (χ2n) is 2.56. The van der Waals surface area contributed by atoms with Crippen molar-refractivity contribution in [3.8, 4) is 5.75 Å². The minimum atomic E-state index is -0.468. The lowest BCUT2D eigenvalue weighted by molar-refractivity contribution is 0.272. The highest BCUT2D eigenvalue weighted by Crippen LogP contribution is 2.19.